The van der Waals surface area contributed by atoms with Gasteiger partial charge in [0.1, 0.15) is 5.82 Å². The average molecular weight is 481 g/mol. The van der Waals surface area contributed by atoms with Crippen LogP contribution in [0.25, 0.3) is 11.1 Å². The molecule has 2 heterocycles. The smallest absolute Gasteiger partial charge is 0.267 e. The quantitative estimate of drug-likeness (QED) is 0.434. The molecule has 0 bridgehead atoms. The van der Waals surface area contributed by atoms with E-state index in [0.29, 0.717) is 35.8 Å². The highest BCUT2D eigenvalue weighted by Crippen LogP contribution is 2.17. The van der Waals surface area contributed by atoms with Gasteiger partial charge in [-0.15, -0.1) is 0 Å². The van der Waals surface area contributed by atoms with Crippen LogP contribution >= 0.6 is 0 Å². The second kappa shape index (κ2) is 12.7. The van der Waals surface area contributed by atoms with Crippen LogP contribution in [-0.2, 0) is 18.3 Å². The molecule has 0 radical (unpaired) electrons. The SMILES string of the molecule is CC(CN)c1ccc(C#N)cc1.Cn1ncc(-c2ccc(NC(=O)Cc3ccccc3)nc2)cc1=O. The van der Waals surface area contributed by atoms with E-state index in [1.54, 1.807) is 31.6 Å². The molecule has 0 saturated heterocycles. The van der Waals surface area contributed by atoms with Gasteiger partial charge >= 0.3 is 0 Å². The highest BCUT2D eigenvalue weighted by molar-refractivity contribution is 5.91. The summed E-state index contributed by atoms with van der Waals surface area (Å²) in [7, 11) is 1.59. The van der Waals surface area contributed by atoms with Crippen LogP contribution in [0.4, 0.5) is 5.82 Å². The van der Waals surface area contributed by atoms with Gasteiger partial charge in [-0.05, 0) is 47.9 Å². The summed E-state index contributed by atoms with van der Waals surface area (Å²) in [6.45, 7) is 2.72. The van der Waals surface area contributed by atoms with E-state index in [9.17, 15) is 9.59 Å². The Morgan fingerprint density at radius 2 is 1.78 bits per heavy atom. The number of nitrogens with zero attached hydrogens (tertiary/aromatic N) is 4. The predicted octanol–water partition coefficient (Wildman–Crippen LogP) is 3.64. The Kier molecular flexibility index (Phi) is 9.20. The van der Waals surface area contributed by atoms with E-state index >= 15 is 0 Å². The molecular formula is C28H28N6O2. The standard InChI is InChI=1S/C18H16N4O2.C10H12N2/c1-22-18(24)10-15(12-20-22)14-7-8-16(19-11-14)21-17(23)9-13-5-3-2-4-6-13;1-8(6-11)10-4-2-9(7-12)3-5-10/h2-8,10-12H,9H2,1H3,(H,19,21,23);2-5,8H,6,11H2,1H3. The largest absolute Gasteiger partial charge is 0.330 e. The van der Waals surface area contributed by atoms with Gasteiger partial charge in [0.2, 0.25) is 5.91 Å². The summed E-state index contributed by atoms with van der Waals surface area (Å²) in [4.78, 5) is 27.9. The Morgan fingerprint density at radius 1 is 1.06 bits per heavy atom. The number of anilines is 1. The lowest BCUT2D eigenvalue weighted by Gasteiger charge is -2.07. The van der Waals surface area contributed by atoms with Crippen molar-refractivity contribution in [1.82, 2.24) is 14.8 Å². The maximum absolute atomic E-state index is 12.0. The Labute approximate surface area is 210 Å². The van der Waals surface area contributed by atoms with Gasteiger partial charge in [-0.3, -0.25) is 9.59 Å². The van der Waals surface area contributed by atoms with Gasteiger partial charge in [-0.25, -0.2) is 9.67 Å². The van der Waals surface area contributed by atoms with Crippen LogP contribution in [-0.4, -0.2) is 27.2 Å². The normalized spacial score (nSPS) is 10.9. The lowest BCUT2D eigenvalue weighted by molar-refractivity contribution is -0.115. The van der Waals surface area contributed by atoms with E-state index in [4.69, 9.17) is 11.0 Å². The molecule has 0 aliphatic heterocycles. The van der Waals surface area contributed by atoms with Crippen molar-refractivity contribution in [3.8, 4) is 17.2 Å². The molecule has 0 spiro atoms. The zero-order valence-corrected chi connectivity index (χ0v) is 20.3. The number of aryl methyl sites for hydroxylation is 1. The fourth-order valence-corrected chi connectivity index (χ4v) is 3.26. The molecule has 0 aliphatic carbocycles. The van der Waals surface area contributed by atoms with Crippen LogP contribution in [0.15, 0.2) is 90.0 Å². The summed E-state index contributed by atoms with van der Waals surface area (Å²) in [5, 5.41) is 15.3. The van der Waals surface area contributed by atoms with Crippen molar-refractivity contribution in [1.29, 1.82) is 5.26 Å². The molecule has 0 fully saturated rings. The van der Waals surface area contributed by atoms with E-state index in [-0.39, 0.29) is 11.5 Å². The molecule has 0 saturated carbocycles. The van der Waals surface area contributed by atoms with Crippen molar-refractivity contribution in [3.05, 3.63) is 112 Å². The number of carbonyl (C=O) groups excluding carboxylic acids is 1. The van der Waals surface area contributed by atoms with Crippen LogP contribution < -0.4 is 16.6 Å². The monoisotopic (exact) mass is 480 g/mol. The van der Waals surface area contributed by atoms with Gasteiger partial charge in [0.05, 0.1) is 24.3 Å². The minimum atomic E-state index is -0.187. The summed E-state index contributed by atoms with van der Waals surface area (Å²) in [6, 6.07) is 24.1. The molecule has 36 heavy (non-hydrogen) atoms. The van der Waals surface area contributed by atoms with E-state index in [1.807, 2.05) is 54.6 Å². The number of amides is 1. The molecule has 3 N–H and O–H groups in total. The van der Waals surface area contributed by atoms with Crippen LogP contribution in [0.1, 0.15) is 29.5 Å². The molecule has 1 unspecified atom stereocenters. The number of benzene rings is 2. The Balaban J connectivity index is 0.000000253. The first-order valence-electron chi connectivity index (χ1n) is 11.4. The molecule has 1 atom stereocenters. The Bertz CT molecular complexity index is 1370. The number of hydrogen-bond acceptors (Lipinski definition) is 6. The van der Waals surface area contributed by atoms with Gasteiger partial charge in [-0.2, -0.15) is 10.4 Å². The Morgan fingerprint density at radius 3 is 2.36 bits per heavy atom. The molecule has 4 rings (SSSR count). The lowest BCUT2D eigenvalue weighted by atomic mass is 10.0. The number of nitrogens with two attached hydrogens (primary N) is 1. The summed E-state index contributed by atoms with van der Waals surface area (Å²) in [5.74, 6) is 0.714. The first kappa shape index (κ1) is 26.0. The van der Waals surface area contributed by atoms with Crippen molar-refractivity contribution in [3.63, 3.8) is 0 Å². The fraction of sp³-hybridized carbons (Fsp3) is 0.179. The van der Waals surface area contributed by atoms with Crippen LogP contribution in [0, 0.1) is 11.3 Å². The maximum atomic E-state index is 12.0. The van der Waals surface area contributed by atoms with Crippen LogP contribution in [0.5, 0.6) is 0 Å². The third kappa shape index (κ3) is 7.45. The van der Waals surface area contributed by atoms with Gasteiger partial charge < -0.3 is 11.1 Å². The number of hydrogen-bond donors (Lipinski definition) is 2. The van der Waals surface area contributed by atoms with Crippen molar-refractivity contribution in [2.45, 2.75) is 19.3 Å². The minimum absolute atomic E-state index is 0.128. The van der Waals surface area contributed by atoms with Gasteiger partial charge in [-0.1, -0.05) is 49.4 Å². The molecular weight excluding hydrogens is 452 g/mol. The zero-order valence-electron chi connectivity index (χ0n) is 20.3. The van der Waals surface area contributed by atoms with Crippen molar-refractivity contribution in [2.75, 3.05) is 11.9 Å². The van der Waals surface area contributed by atoms with E-state index < -0.39 is 0 Å². The molecule has 8 nitrogen and oxygen atoms in total. The number of nitrogens with one attached hydrogen (secondary N) is 1. The number of pyridine rings is 1. The topological polar surface area (TPSA) is 127 Å². The van der Waals surface area contributed by atoms with Gasteiger partial charge in [0, 0.05) is 30.4 Å². The number of rotatable bonds is 6. The number of nitriles is 1. The third-order valence-electron chi connectivity index (χ3n) is 5.50. The number of aromatic nitrogens is 3. The fourth-order valence-electron chi connectivity index (χ4n) is 3.26. The van der Waals surface area contributed by atoms with E-state index in [2.05, 4.69) is 28.4 Å². The first-order chi connectivity index (χ1) is 17.4. The minimum Gasteiger partial charge on any atom is -0.330 e. The van der Waals surface area contributed by atoms with Crippen molar-refractivity contribution >= 4 is 11.7 Å². The number of carbonyl (C=O) groups is 1. The highest BCUT2D eigenvalue weighted by Gasteiger charge is 2.06. The summed E-state index contributed by atoms with van der Waals surface area (Å²) in [5.41, 5.74) is 9.61. The predicted molar refractivity (Wildman–Crippen MR) is 140 cm³/mol. The van der Waals surface area contributed by atoms with E-state index in [1.165, 1.54) is 16.3 Å². The second-order valence-electron chi connectivity index (χ2n) is 8.22. The lowest BCUT2D eigenvalue weighted by Crippen LogP contribution is -2.18. The van der Waals surface area contributed by atoms with Crippen LogP contribution in [0.2, 0.25) is 0 Å². The van der Waals surface area contributed by atoms with Gasteiger partial charge in [0.15, 0.2) is 0 Å². The molecule has 4 aromatic rings. The van der Waals surface area contributed by atoms with E-state index in [0.717, 1.165) is 11.1 Å². The molecule has 2 aromatic heterocycles. The first-order valence-corrected chi connectivity index (χ1v) is 11.4. The summed E-state index contributed by atoms with van der Waals surface area (Å²) < 4.78 is 1.26. The molecule has 182 valence electrons. The van der Waals surface area contributed by atoms with Gasteiger partial charge in [0.25, 0.3) is 5.56 Å². The summed E-state index contributed by atoms with van der Waals surface area (Å²) in [6.07, 6.45) is 3.50. The van der Waals surface area contributed by atoms with Crippen molar-refractivity contribution in [2.24, 2.45) is 12.8 Å². The molecule has 0 aliphatic rings. The maximum Gasteiger partial charge on any atom is 0.267 e. The molecule has 1 amide bonds. The van der Waals surface area contributed by atoms with Crippen LogP contribution in [0.3, 0.4) is 0 Å². The average Bonchev–Trinajstić information content (AvgIpc) is 2.91. The Hall–Kier alpha value is -4.61. The second-order valence-corrected chi connectivity index (χ2v) is 8.22. The van der Waals surface area contributed by atoms with Crippen molar-refractivity contribution < 1.29 is 4.79 Å². The highest BCUT2D eigenvalue weighted by atomic mass is 16.1. The summed E-state index contributed by atoms with van der Waals surface area (Å²) >= 11 is 0. The third-order valence-corrected chi connectivity index (χ3v) is 5.50. The zero-order chi connectivity index (χ0) is 25.9. The molecule has 8 heteroatoms. The molecule has 2 aromatic carbocycles.